The molecule has 0 saturated carbocycles. The van der Waals surface area contributed by atoms with Crippen molar-refractivity contribution in [2.75, 3.05) is 47.0 Å². The number of hydrogen-bond acceptors (Lipinski definition) is 7. The average Bonchev–Trinajstić information content (AvgIpc) is 2.81. The van der Waals surface area contributed by atoms with Crippen LogP contribution in [0, 0.1) is 10.1 Å². The van der Waals surface area contributed by atoms with E-state index in [9.17, 15) is 19.7 Å². The highest BCUT2D eigenvalue weighted by molar-refractivity contribution is 5.95. The van der Waals surface area contributed by atoms with Gasteiger partial charge in [-0.15, -0.1) is 0 Å². The number of nitro groups is 1. The first-order valence-electron chi connectivity index (χ1n) is 9.59. The van der Waals surface area contributed by atoms with Crippen LogP contribution in [-0.4, -0.2) is 73.5 Å². The zero-order valence-corrected chi connectivity index (χ0v) is 17.3. The Labute approximate surface area is 179 Å². The van der Waals surface area contributed by atoms with Crippen LogP contribution in [0.1, 0.15) is 10.4 Å². The number of carbonyl (C=O) groups is 2. The summed E-state index contributed by atoms with van der Waals surface area (Å²) in [5.74, 6) is 0.870. The lowest BCUT2D eigenvalue weighted by atomic mass is 10.1. The highest BCUT2D eigenvalue weighted by atomic mass is 16.6. The van der Waals surface area contributed by atoms with Crippen LogP contribution in [0.15, 0.2) is 42.5 Å². The molecule has 2 aromatic carbocycles. The second-order valence-corrected chi connectivity index (χ2v) is 6.79. The first-order valence-corrected chi connectivity index (χ1v) is 9.59. The van der Waals surface area contributed by atoms with Crippen LogP contribution >= 0.6 is 0 Å². The third kappa shape index (κ3) is 5.21. The van der Waals surface area contributed by atoms with E-state index in [1.165, 1.54) is 32.4 Å². The van der Waals surface area contributed by atoms with Crippen molar-refractivity contribution in [1.82, 2.24) is 9.80 Å². The molecule has 1 heterocycles. The van der Waals surface area contributed by atoms with Crippen LogP contribution < -0.4 is 14.2 Å². The number of nitrogens with zero attached hydrogens (tertiary/aromatic N) is 3. The molecule has 31 heavy (non-hydrogen) atoms. The summed E-state index contributed by atoms with van der Waals surface area (Å²) < 4.78 is 15.8. The number of rotatable bonds is 7. The van der Waals surface area contributed by atoms with Crippen LogP contribution in [0.3, 0.4) is 0 Å². The minimum atomic E-state index is -0.524. The predicted octanol–water partition coefficient (Wildman–Crippen LogP) is 1.98. The van der Waals surface area contributed by atoms with Crippen molar-refractivity contribution >= 4 is 17.5 Å². The number of piperazine rings is 1. The van der Waals surface area contributed by atoms with Gasteiger partial charge in [0, 0.05) is 37.8 Å². The Morgan fingerprint density at radius 3 is 2.29 bits per heavy atom. The topological polar surface area (TPSA) is 111 Å². The molecule has 0 spiro atoms. The minimum Gasteiger partial charge on any atom is -0.493 e. The molecule has 0 aliphatic carbocycles. The minimum absolute atomic E-state index is 0.104. The molecular weight excluding hydrogens is 406 g/mol. The Balaban J connectivity index is 1.53. The summed E-state index contributed by atoms with van der Waals surface area (Å²) in [5.41, 5.74) is 0.374. The molecule has 3 rings (SSSR count). The van der Waals surface area contributed by atoms with Gasteiger partial charge in [0.1, 0.15) is 5.75 Å². The monoisotopic (exact) mass is 429 g/mol. The van der Waals surface area contributed by atoms with E-state index in [0.29, 0.717) is 43.2 Å². The molecule has 1 aliphatic heterocycles. The Kier molecular flexibility index (Phi) is 6.91. The summed E-state index contributed by atoms with van der Waals surface area (Å²) in [4.78, 5) is 38.8. The van der Waals surface area contributed by atoms with Crippen LogP contribution in [0.5, 0.6) is 17.2 Å². The molecule has 0 radical (unpaired) electrons. The summed E-state index contributed by atoms with van der Waals surface area (Å²) in [6, 6.07) is 10.7. The molecule has 1 saturated heterocycles. The lowest BCUT2D eigenvalue weighted by Gasteiger charge is -2.34. The van der Waals surface area contributed by atoms with E-state index in [0.717, 1.165) is 0 Å². The standard InChI is InChI=1S/C21H23N3O7/c1-29-18-7-6-15(12-19(18)30-2)21(26)23-10-8-22(9-11-23)20(25)14-31-17-5-3-4-16(13-17)24(27)28/h3-7,12-13H,8-11,14H2,1-2H3. The van der Waals surface area contributed by atoms with E-state index in [1.54, 1.807) is 34.1 Å². The maximum absolute atomic E-state index is 12.8. The van der Waals surface area contributed by atoms with Crippen LogP contribution in [-0.2, 0) is 4.79 Å². The highest BCUT2D eigenvalue weighted by Crippen LogP contribution is 2.28. The van der Waals surface area contributed by atoms with Gasteiger partial charge in [-0.3, -0.25) is 19.7 Å². The third-order valence-corrected chi connectivity index (χ3v) is 4.94. The van der Waals surface area contributed by atoms with Gasteiger partial charge < -0.3 is 24.0 Å². The quantitative estimate of drug-likeness (QED) is 0.489. The molecule has 10 heteroatoms. The van der Waals surface area contributed by atoms with E-state index in [2.05, 4.69) is 0 Å². The smallest absolute Gasteiger partial charge is 0.273 e. The number of non-ortho nitro benzene ring substituents is 1. The third-order valence-electron chi connectivity index (χ3n) is 4.94. The Bertz CT molecular complexity index is 971. The molecular formula is C21H23N3O7. The molecule has 0 atom stereocenters. The van der Waals surface area contributed by atoms with Gasteiger partial charge in [-0.1, -0.05) is 6.07 Å². The predicted molar refractivity (Wildman–Crippen MR) is 111 cm³/mol. The summed E-state index contributed by atoms with van der Waals surface area (Å²) in [6.07, 6.45) is 0. The molecule has 10 nitrogen and oxygen atoms in total. The van der Waals surface area contributed by atoms with Crippen LogP contribution in [0.2, 0.25) is 0 Å². The molecule has 0 N–H and O–H groups in total. The molecule has 1 fully saturated rings. The van der Waals surface area contributed by atoms with Gasteiger partial charge in [-0.05, 0) is 24.3 Å². The second-order valence-electron chi connectivity index (χ2n) is 6.79. The van der Waals surface area contributed by atoms with Gasteiger partial charge in [0.05, 0.1) is 25.2 Å². The second kappa shape index (κ2) is 9.79. The van der Waals surface area contributed by atoms with E-state index in [-0.39, 0.29) is 29.9 Å². The fourth-order valence-electron chi connectivity index (χ4n) is 3.23. The maximum atomic E-state index is 12.8. The van der Waals surface area contributed by atoms with Gasteiger partial charge in [-0.2, -0.15) is 0 Å². The summed E-state index contributed by atoms with van der Waals surface area (Å²) in [5, 5.41) is 10.8. The highest BCUT2D eigenvalue weighted by Gasteiger charge is 2.25. The first kappa shape index (κ1) is 21.9. The van der Waals surface area contributed by atoms with Gasteiger partial charge in [0.2, 0.25) is 0 Å². The summed E-state index contributed by atoms with van der Waals surface area (Å²) in [7, 11) is 3.03. The van der Waals surface area contributed by atoms with E-state index in [4.69, 9.17) is 14.2 Å². The largest absolute Gasteiger partial charge is 0.493 e. The Morgan fingerprint density at radius 2 is 1.65 bits per heavy atom. The van der Waals surface area contributed by atoms with Crippen molar-refractivity contribution < 1.29 is 28.7 Å². The molecule has 0 bridgehead atoms. The van der Waals surface area contributed by atoms with Crippen molar-refractivity contribution in [2.24, 2.45) is 0 Å². The van der Waals surface area contributed by atoms with Gasteiger partial charge in [0.25, 0.3) is 17.5 Å². The van der Waals surface area contributed by atoms with Gasteiger partial charge in [-0.25, -0.2) is 0 Å². The summed E-state index contributed by atoms with van der Waals surface area (Å²) >= 11 is 0. The van der Waals surface area contributed by atoms with E-state index in [1.807, 2.05) is 0 Å². The molecule has 1 aliphatic rings. The zero-order valence-electron chi connectivity index (χ0n) is 17.3. The SMILES string of the molecule is COc1ccc(C(=O)N2CCN(C(=O)COc3cccc([N+](=O)[O-])c3)CC2)cc1OC. The number of nitro benzene ring substituents is 1. The normalized spacial score (nSPS) is 13.5. The maximum Gasteiger partial charge on any atom is 0.273 e. The number of carbonyl (C=O) groups excluding carboxylic acids is 2. The molecule has 2 aromatic rings. The number of benzene rings is 2. The molecule has 0 unspecified atom stereocenters. The van der Waals surface area contributed by atoms with Crippen molar-refractivity contribution in [3.05, 3.63) is 58.1 Å². The average molecular weight is 429 g/mol. The van der Waals surface area contributed by atoms with E-state index < -0.39 is 4.92 Å². The number of hydrogen-bond donors (Lipinski definition) is 0. The number of amides is 2. The molecule has 2 amide bonds. The fraction of sp³-hybridized carbons (Fsp3) is 0.333. The lowest BCUT2D eigenvalue weighted by molar-refractivity contribution is -0.384. The number of ether oxygens (including phenoxy) is 3. The fourth-order valence-corrected chi connectivity index (χ4v) is 3.23. The van der Waals surface area contributed by atoms with Crippen molar-refractivity contribution in [2.45, 2.75) is 0 Å². The summed E-state index contributed by atoms with van der Waals surface area (Å²) in [6.45, 7) is 1.28. The van der Waals surface area contributed by atoms with Crippen molar-refractivity contribution in [3.63, 3.8) is 0 Å². The Hall–Kier alpha value is -3.82. The van der Waals surface area contributed by atoms with Crippen LogP contribution in [0.25, 0.3) is 0 Å². The van der Waals surface area contributed by atoms with E-state index >= 15 is 0 Å². The molecule has 0 aromatic heterocycles. The van der Waals surface area contributed by atoms with Crippen molar-refractivity contribution in [1.29, 1.82) is 0 Å². The lowest BCUT2D eigenvalue weighted by Crippen LogP contribution is -2.51. The first-order chi connectivity index (χ1) is 14.9. The Morgan fingerprint density at radius 1 is 0.968 bits per heavy atom. The molecule has 164 valence electrons. The van der Waals surface area contributed by atoms with Crippen LogP contribution in [0.4, 0.5) is 5.69 Å². The van der Waals surface area contributed by atoms with Crippen molar-refractivity contribution in [3.8, 4) is 17.2 Å². The van der Waals surface area contributed by atoms with Gasteiger partial charge >= 0.3 is 0 Å². The number of methoxy groups -OCH3 is 2. The van der Waals surface area contributed by atoms with Gasteiger partial charge in [0.15, 0.2) is 18.1 Å². The zero-order chi connectivity index (χ0) is 22.4.